The molecule has 6 aromatic carbocycles. The van der Waals surface area contributed by atoms with Gasteiger partial charge in [-0.15, -0.1) is 0 Å². The van der Waals surface area contributed by atoms with Crippen LogP contribution in [0.25, 0.3) is 44.3 Å². The van der Waals surface area contributed by atoms with E-state index in [9.17, 15) is 0 Å². The molecule has 0 spiro atoms. The molecule has 0 aromatic heterocycles. The minimum atomic E-state index is -0.769. The van der Waals surface area contributed by atoms with Gasteiger partial charge in [-0.2, -0.15) is 0 Å². The van der Waals surface area contributed by atoms with Crippen molar-refractivity contribution in [2.24, 2.45) is 0 Å². The van der Waals surface area contributed by atoms with Gasteiger partial charge in [0, 0.05) is 46.1 Å². The van der Waals surface area contributed by atoms with Crippen molar-refractivity contribution in [2.45, 2.75) is 57.0 Å². The number of hydrogen-bond donors (Lipinski definition) is 0. The summed E-state index contributed by atoms with van der Waals surface area (Å²) in [5.74, 6) is 0.991. The molecule has 2 aliphatic heterocycles. The molecule has 54 heavy (non-hydrogen) atoms. The first-order valence-corrected chi connectivity index (χ1v) is 19.8. The normalized spacial score (nSPS) is 21.6. The molecule has 1 atom stereocenters. The number of nitrogens with zero attached hydrogens (tertiary/aromatic N) is 1. The zero-order chi connectivity index (χ0) is 36.4. The van der Waals surface area contributed by atoms with Crippen molar-refractivity contribution < 1.29 is 9.47 Å². The number of benzene rings is 6. The second-order valence-corrected chi connectivity index (χ2v) is 16.9. The Kier molecular flexibility index (Phi) is 6.73. The van der Waals surface area contributed by atoms with Crippen molar-refractivity contribution in [1.29, 1.82) is 0 Å². The zero-order valence-corrected chi connectivity index (χ0v) is 31.6. The van der Waals surface area contributed by atoms with Gasteiger partial charge in [-0.3, -0.25) is 0 Å². The highest BCUT2D eigenvalue weighted by Crippen LogP contribution is 2.60. The molecule has 1 saturated heterocycles. The molecule has 0 saturated carbocycles. The molecule has 0 amide bonds. The fourth-order valence-corrected chi connectivity index (χ4v) is 10.8. The molecule has 0 radical (unpaired) electrons. The van der Waals surface area contributed by atoms with Crippen molar-refractivity contribution >= 4 is 38.9 Å². The standard InChI is InChI=1S/C51H45NO2/c1-49(2)43-16-10-9-15-41(43)45-38-13-7-8-14-40(38)48-42(47(45)49)25-26-51(54-48,33-18-21-35(22-19-33)52-27-29-53-30-28-52)34-20-24-37-39-23-17-32-11-5-6-12-36(32)46(39)50(3,4)44(37)31-34/h5-19,21-23,25-26,31H,20,24,27-30H2,1-4H3. The van der Waals surface area contributed by atoms with Gasteiger partial charge in [-0.25, -0.2) is 0 Å². The molecule has 0 bridgehead atoms. The monoisotopic (exact) mass is 703 g/mol. The Labute approximate surface area is 318 Å². The summed E-state index contributed by atoms with van der Waals surface area (Å²) in [6, 6.07) is 40.7. The Balaban J connectivity index is 1.12. The molecule has 0 N–H and O–H groups in total. The number of anilines is 1. The first-order chi connectivity index (χ1) is 26.3. The largest absolute Gasteiger partial charge is 0.473 e. The van der Waals surface area contributed by atoms with Crippen molar-refractivity contribution in [3.05, 3.63) is 166 Å². The summed E-state index contributed by atoms with van der Waals surface area (Å²) in [7, 11) is 0. The summed E-state index contributed by atoms with van der Waals surface area (Å²) in [5.41, 5.74) is 15.1. The lowest BCUT2D eigenvalue weighted by molar-refractivity contribution is 0.122. The van der Waals surface area contributed by atoms with Gasteiger partial charge in [0.25, 0.3) is 0 Å². The molecule has 3 aliphatic carbocycles. The van der Waals surface area contributed by atoms with Gasteiger partial charge in [0.2, 0.25) is 0 Å². The highest BCUT2D eigenvalue weighted by atomic mass is 16.5. The van der Waals surface area contributed by atoms with Crippen LogP contribution >= 0.6 is 0 Å². The molecular weight excluding hydrogens is 659 g/mol. The summed E-state index contributed by atoms with van der Waals surface area (Å²) in [4.78, 5) is 2.43. The fourth-order valence-electron chi connectivity index (χ4n) is 10.8. The first kappa shape index (κ1) is 32.1. The van der Waals surface area contributed by atoms with Gasteiger partial charge in [0.15, 0.2) is 5.60 Å². The maximum absolute atomic E-state index is 7.81. The highest BCUT2D eigenvalue weighted by molar-refractivity contribution is 6.08. The number of hydrogen-bond acceptors (Lipinski definition) is 3. The number of ether oxygens (including phenoxy) is 2. The van der Waals surface area contributed by atoms with Crippen LogP contribution in [0.1, 0.15) is 73.9 Å². The minimum Gasteiger partial charge on any atom is -0.473 e. The van der Waals surface area contributed by atoms with Crippen LogP contribution in [0.2, 0.25) is 0 Å². The highest BCUT2D eigenvalue weighted by Gasteiger charge is 2.47. The van der Waals surface area contributed by atoms with Crippen LogP contribution in [0.4, 0.5) is 5.69 Å². The van der Waals surface area contributed by atoms with Gasteiger partial charge in [0.1, 0.15) is 5.75 Å². The van der Waals surface area contributed by atoms with Gasteiger partial charge in [0.05, 0.1) is 13.2 Å². The van der Waals surface area contributed by atoms with Crippen LogP contribution in [0, 0.1) is 0 Å². The average molecular weight is 704 g/mol. The number of morpholine rings is 1. The van der Waals surface area contributed by atoms with E-state index >= 15 is 0 Å². The summed E-state index contributed by atoms with van der Waals surface area (Å²) in [6.45, 7) is 13.0. The van der Waals surface area contributed by atoms with Crippen LogP contribution in [-0.2, 0) is 21.2 Å². The van der Waals surface area contributed by atoms with Crippen LogP contribution in [0.3, 0.4) is 0 Å². The van der Waals surface area contributed by atoms with Crippen LogP contribution in [0.15, 0.2) is 132 Å². The summed E-state index contributed by atoms with van der Waals surface area (Å²) in [5, 5.41) is 5.11. The molecule has 5 aliphatic rings. The Morgan fingerprint density at radius 2 is 1.35 bits per heavy atom. The van der Waals surface area contributed by atoms with Gasteiger partial charge in [-0.05, 0) is 97.3 Å². The number of allylic oxidation sites excluding steroid dienone is 3. The molecule has 3 heteroatoms. The molecule has 6 aromatic rings. The van der Waals surface area contributed by atoms with E-state index in [0.29, 0.717) is 0 Å². The van der Waals surface area contributed by atoms with E-state index in [0.717, 1.165) is 44.9 Å². The van der Waals surface area contributed by atoms with E-state index in [1.54, 1.807) is 0 Å². The van der Waals surface area contributed by atoms with Gasteiger partial charge < -0.3 is 14.4 Å². The van der Waals surface area contributed by atoms with Gasteiger partial charge in [-0.1, -0.05) is 137 Å². The van der Waals surface area contributed by atoms with E-state index in [1.165, 1.54) is 88.5 Å². The molecule has 2 heterocycles. The lowest BCUT2D eigenvalue weighted by Crippen LogP contribution is -2.38. The number of fused-ring (bicyclic) bond motifs is 12. The van der Waals surface area contributed by atoms with Crippen molar-refractivity contribution in [3.8, 4) is 16.9 Å². The third kappa shape index (κ3) is 4.28. The topological polar surface area (TPSA) is 21.7 Å². The van der Waals surface area contributed by atoms with E-state index in [-0.39, 0.29) is 10.8 Å². The van der Waals surface area contributed by atoms with E-state index in [1.807, 2.05) is 0 Å². The first-order valence-electron chi connectivity index (χ1n) is 19.8. The second kappa shape index (κ2) is 11.3. The van der Waals surface area contributed by atoms with Crippen molar-refractivity contribution in [1.82, 2.24) is 0 Å². The smallest absolute Gasteiger partial charge is 0.174 e. The third-order valence-electron chi connectivity index (χ3n) is 13.4. The van der Waals surface area contributed by atoms with Crippen LogP contribution < -0.4 is 9.64 Å². The van der Waals surface area contributed by atoms with Crippen molar-refractivity contribution in [3.63, 3.8) is 0 Å². The Bertz CT molecular complexity index is 2670. The van der Waals surface area contributed by atoms with Crippen LogP contribution in [0.5, 0.6) is 5.75 Å². The predicted octanol–water partition coefficient (Wildman–Crippen LogP) is 11.9. The van der Waals surface area contributed by atoms with E-state index in [4.69, 9.17) is 9.47 Å². The molecule has 1 unspecified atom stereocenters. The molecule has 11 rings (SSSR count). The summed E-state index contributed by atoms with van der Waals surface area (Å²) in [6.07, 6.45) is 9.26. The number of rotatable bonds is 3. The lowest BCUT2D eigenvalue weighted by Gasteiger charge is -2.41. The van der Waals surface area contributed by atoms with E-state index < -0.39 is 5.60 Å². The lowest BCUT2D eigenvalue weighted by atomic mass is 9.72. The molecule has 3 nitrogen and oxygen atoms in total. The SMILES string of the molecule is CC1(C)C2=C(CCC(C3(c4ccc(N5CCOCC5)cc4)C=Cc4c5c(c6ccccc6c4O3)-c3ccccc3C5(C)C)=C2)c2ccc3ccccc3c21. The maximum atomic E-state index is 7.81. The summed E-state index contributed by atoms with van der Waals surface area (Å²) >= 11 is 0. The summed E-state index contributed by atoms with van der Waals surface area (Å²) < 4.78 is 13.5. The quantitative estimate of drug-likeness (QED) is 0.183. The van der Waals surface area contributed by atoms with Gasteiger partial charge >= 0.3 is 0 Å². The average Bonchev–Trinajstić information content (AvgIpc) is 3.61. The zero-order valence-electron chi connectivity index (χ0n) is 31.6. The third-order valence-corrected chi connectivity index (χ3v) is 13.4. The minimum absolute atomic E-state index is 0.141. The van der Waals surface area contributed by atoms with Crippen molar-refractivity contribution in [2.75, 3.05) is 31.2 Å². The predicted molar refractivity (Wildman–Crippen MR) is 224 cm³/mol. The second-order valence-electron chi connectivity index (χ2n) is 16.9. The Morgan fingerprint density at radius 3 is 2.17 bits per heavy atom. The molecule has 266 valence electrons. The molecule has 1 fully saturated rings. The Morgan fingerprint density at radius 1 is 0.630 bits per heavy atom. The Hall–Kier alpha value is -5.38. The maximum Gasteiger partial charge on any atom is 0.174 e. The van der Waals surface area contributed by atoms with E-state index in [2.05, 4.69) is 160 Å². The fraction of sp³-hybridized carbons (Fsp3) is 0.255. The molecular formula is C51H45NO2. The van der Waals surface area contributed by atoms with Crippen LogP contribution in [-0.4, -0.2) is 26.3 Å².